The van der Waals surface area contributed by atoms with Gasteiger partial charge in [-0.3, -0.25) is 0 Å². The molecule has 0 aromatic carbocycles. The molecule has 15 rings (SSSR count). The van der Waals surface area contributed by atoms with Crippen molar-refractivity contribution in [1.82, 2.24) is 68.6 Å². The predicted molar refractivity (Wildman–Crippen MR) is 490 cm³/mol. The van der Waals surface area contributed by atoms with Gasteiger partial charge in [0.15, 0.2) is 0 Å². The summed E-state index contributed by atoms with van der Waals surface area (Å²) < 4.78 is 5.10. The molecule has 15 nitrogen and oxygen atoms in total. The summed E-state index contributed by atoms with van der Waals surface area (Å²) in [6.07, 6.45) is 38.7. The Morgan fingerprint density at radius 2 is 0.380 bits per heavy atom. The number of likely N-dealkylation sites (tertiary alicyclic amines) is 7. The molecule has 14 saturated heterocycles. The van der Waals surface area contributed by atoms with Gasteiger partial charge in [-0.2, -0.15) is 0 Å². The van der Waals surface area contributed by atoms with Gasteiger partial charge in [0, 0.05) is 89.6 Å². The van der Waals surface area contributed by atoms with Crippen molar-refractivity contribution in [3.8, 4) is 0 Å². The molecular formula is C93H208N14O. The molecule has 4 bridgehead atoms. The highest BCUT2D eigenvalue weighted by Gasteiger charge is 2.51. The van der Waals surface area contributed by atoms with Crippen LogP contribution in [0.3, 0.4) is 0 Å². The fourth-order valence-corrected chi connectivity index (χ4v) is 16.3. The quantitative estimate of drug-likeness (QED) is 0.231. The Balaban J connectivity index is -0.000000540. The number of piperidine rings is 6. The second-order valence-corrected chi connectivity index (χ2v) is 33.3. The normalized spacial score (nSPS) is 28.9. The standard InChI is InChI=1S/C10H19N.C9H17N.C7H16N2.C7H13N.2C7H15N.C6H14N2.2C6H13N.C5H11NO.C5H11N.C4H9N.7C2H6/c1-8-6-9-4-3-5-10(7-8)11(9)2;1-7-5-8-3-4-9(6-7)10(8)2;1-8-4-3-5-9(2)7-6-8;1-5-6-3-8(2)4-7(5)6;2*1-8-6-4-2-3-5-7-8;1-7-3-5-8(2)6-4-7;2*1-7-5-3-2-4-6-7;1-6-2-4-7-5-3-6;1-6-4-2-3-5-6;1-5-3-2-4-5;7*1-2/h8-10H,3-7H2,1-2H3;7-9H,3-6H2,1-2H3;3-7H2,1-2H3;5-7H,3-4H2,1-2H3;2*2-7H2,1H3;3-6H2,1-2H3;2*2-6H2,1H3;2-5H2,1H3;2-5H2,1H3;2-4H2,1H3;7*1-2H3. The molecule has 15 aliphatic rings. The van der Waals surface area contributed by atoms with Crippen LogP contribution in [0.15, 0.2) is 0 Å². The number of likely N-dealkylation sites (N-methyl/N-ethyl adjacent to an activating group) is 5. The van der Waals surface area contributed by atoms with E-state index in [2.05, 4.69) is 188 Å². The van der Waals surface area contributed by atoms with Crippen LogP contribution in [0.1, 0.15) is 291 Å². The van der Waals surface area contributed by atoms with E-state index in [-0.39, 0.29) is 0 Å². The molecule has 6 unspecified atom stereocenters. The first-order valence-corrected chi connectivity index (χ1v) is 47.4. The van der Waals surface area contributed by atoms with Crippen LogP contribution < -0.4 is 0 Å². The molecule has 108 heavy (non-hydrogen) atoms. The average Bonchev–Trinajstić information content (AvgIpc) is 1.60. The minimum absolute atomic E-state index is 0.913. The molecular weight excluding hydrogens is 1330 g/mol. The van der Waals surface area contributed by atoms with Gasteiger partial charge in [-0.05, 0) is 348 Å². The van der Waals surface area contributed by atoms with Gasteiger partial charge in [0.05, 0.1) is 13.2 Å². The monoisotopic (exact) mass is 1540 g/mol. The van der Waals surface area contributed by atoms with Crippen LogP contribution >= 0.6 is 0 Å². The van der Waals surface area contributed by atoms with Crippen molar-refractivity contribution in [3.05, 3.63) is 0 Å². The lowest BCUT2D eigenvalue weighted by molar-refractivity contribution is 0.0415. The van der Waals surface area contributed by atoms with Gasteiger partial charge in [-0.1, -0.05) is 163 Å². The minimum atomic E-state index is 0.913. The maximum absolute atomic E-state index is 5.10. The van der Waals surface area contributed by atoms with Crippen molar-refractivity contribution >= 4 is 0 Å². The van der Waals surface area contributed by atoms with Crippen LogP contribution in [0, 0.1) is 29.6 Å². The van der Waals surface area contributed by atoms with Crippen molar-refractivity contribution < 1.29 is 4.74 Å². The van der Waals surface area contributed by atoms with E-state index in [1.54, 1.807) is 0 Å². The van der Waals surface area contributed by atoms with E-state index >= 15 is 0 Å². The molecule has 15 heteroatoms. The van der Waals surface area contributed by atoms with Crippen molar-refractivity contribution in [2.75, 3.05) is 269 Å². The van der Waals surface area contributed by atoms with Crippen LogP contribution in [0.4, 0.5) is 0 Å². The van der Waals surface area contributed by atoms with Crippen molar-refractivity contribution in [2.24, 2.45) is 29.6 Å². The van der Waals surface area contributed by atoms with Gasteiger partial charge in [-0.15, -0.1) is 0 Å². The Bertz CT molecular complexity index is 1610. The largest absolute Gasteiger partial charge is 0.379 e. The predicted octanol–water partition coefficient (Wildman–Crippen LogP) is 18.4. The SMILES string of the molecule is CC.CC.CC.CC.CC.CC.CC.CC1C2CN(C)CC12.CC1CC2CCC(C1)N2C.CC1CC2CCCC(C1)N2C.CN1CCC1.CN1CCCC1.CN1CCCCC1.CN1CCCCC1.CN1CCCCCC1.CN1CCCCCC1.CN1CCCN(C)CC1.CN1CCN(C)CC1.CN1CCOCC1. The summed E-state index contributed by atoms with van der Waals surface area (Å²) in [7, 11) is 30.8. The van der Waals surface area contributed by atoms with Gasteiger partial charge in [0.1, 0.15) is 0 Å². The van der Waals surface area contributed by atoms with Crippen LogP contribution in [-0.4, -0.2) is 362 Å². The van der Waals surface area contributed by atoms with Crippen molar-refractivity contribution in [3.63, 3.8) is 0 Å². The lowest BCUT2D eigenvalue weighted by atomic mass is 9.80. The zero-order chi connectivity index (χ0) is 82.5. The topological polar surface area (TPSA) is 54.6 Å². The summed E-state index contributed by atoms with van der Waals surface area (Å²) in [5.74, 6) is 5.21. The molecule has 14 aliphatic heterocycles. The third kappa shape index (κ3) is 61.7. The fraction of sp³-hybridized carbons (Fsp3) is 1.00. The minimum Gasteiger partial charge on any atom is -0.379 e. The number of fused-ring (bicyclic) bond motifs is 5. The van der Waals surface area contributed by atoms with E-state index in [0.29, 0.717) is 0 Å². The summed E-state index contributed by atoms with van der Waals surface area (Å²) >= 11 is 0. The highest BCUT2D eigenvalue weighted by molar-refractivity contribution is 5.02. The van der Waals surface area contributed by atoms with Gasteiger partial charge in [0.25, 0.3) is 0 Å². The van der Waals surface area contributed by atoms with Crippen molar-refractivity contribution in [2.45, 2.75) is 315 Å². The Hall–Kier alpha value is -0.600. The van der Waals surface area contributed by atoms with Gasteiger partial charge < -0.3 is 73.3 Å². The van der Waals surface area contributed by atoms with Gasteiger partial charge >= 0.3 is 0 Å². The molecule has 0 aromatic heterocycles. The Morgan fingerprint density at radius 1 is 0.194 bits per heavy atom. The zero-order valence-corrected chi connectivity index (χ0v) is 80.3. The molecule has 0 spiro atoms. The number of nitrogens with zero attached hydrogens (tertiary/aromatic N) is 14. The summed E-state index contributed by atoms with van der Waals surface area (Å²) in [6.45, 7) is 67.7. The number of hydrogen-bond donors (Lipinski definition) is 0. The first kappa shape index (κ1) is 114. The molecule has 0 N–H and O–H groups in total. The maximum atomic E-state index is 5.10. The summed E-state index contributed by atoms with van der Waals surface area (Å²) in [4.78, 5) is 33.7. The molecule has 656 valence electrons. The number of piperazine rings is 1. The molecule has 1 aliphatic carbocycles. The molecule has 0 amide bonds. The summed E-state index contributed by atoms with van der Waals surface area (Å²) in [5.41, 5.74) is 0. The highest BCUT2D eigenvalue weighted by atomic mass is 16.5. The second kappa shape index (κ2) is 78.9. The Morgan fingerprint density at radius 3 is 0.593 bits per heavy atom. The van der Waals surface area contributed by atoms with Crippen LogP contribution in [0.2, 0.25) is 0 Å². The number of ether oxygens (including phenoxy) is 1. The van der Waals surface area contributed by atoms with E-state index in [4.69, 9.17) is 4.74 Å². The van der Waals surface area contributed by atoms with E-state index in [0.717, 1.165) is 80.1 Å². The third-order valence-electron chi connectivity index (χ3n) is 23.8. The number of rotatable bonds is 0. The summed E-state index contributed by atoms with van der Waals surface area (Å²) in [5, 5.41) is 0. The lowest BCUT2D eigenvalue weighted by Crippen LogP contribution is -2.49. The molecule has 14 heterocycles. The average molecular weight is 1540 g/mol. The third-order valence-corrected chi connectivity index (χ3v) is 23.8. The maximum Gasteiger partial charge on any atom is 0.0594 e. The number of morpholine rings is 1. The van der Waals surface area contributed by atoms with Crippen LogP contribution in [0.25, 0.3) is 0 Å². The van der Waals surface area contributed by atoms with Gasteiger partial charge in [0.2, 0.25) is 0 Å². The van der Waals surface area contributed by atoms with E-state index in [9.17, 15) is 0 Å². The first-order valence-electron chi connectivity index (χ1n) is 47.4. The van der Waals surface area contributed by atoms with E-state index < -0.39 is 0 Å². The van der Waals surface area contributed by atoms with Crippen LogP contribution in [-0.2, 0) is 4.74 Å². The lowest BCUT2D eigenvalue weighted by Gasteiger charge is -2.46. The first-order chi connectivity index (χ1) is 52.2. The smallest absolute Gasteiger partial charge is 0.0594 e. The van der Waals surface area contributed by atoms with Crippen LogP contribution in [0.5, 0.6) is 0 Å². The zero-order valence-electron chi connectivity index (χ0n) is 80.3. The van der Waals surface area contributed by atoms with Gasteiger partial charge in [-0.25, -0.2) is 0 Å². The number of hydrogen-bond acceptors (Lipinski definition) is 15. The molecule has 0 radical (unpaired) electrons. The molecule has 6 atom stereocenters. The Kier molecular flexibility index (Phi) is 83.1. The molecule has 0 aromatic rings. The summed E-state index contributed by atoms with van der Waals surface area (Å²) in [6, 6.07) is 3.73. The van der Waals surface area contributed by atoms with Crippen molar-refractivity contribution in [1.29, 1.82) is 0 Å². The second-order valence-electron chi connectivity index (χ2n) is 33.3. The van der Waals surface area contributed by atoms with E-state index in [1.807, 2.05) is 96.9 Å². The highest BCUT2D eigenvalue weighted by Crippen LogP contribution is 2.50. The van der Waals surface area contributed by atoms with E-state index in [1.165, 1.54) is 317 Å². The molecule has 15 fully saturated rings. The Labute approximate surface area is 683 Å². The fourth-order valence-electron chi connectivity index (χ4n) is 16.3. The molecule has 1 saturated carbocycles.